The minimum atomic E-state index is -0.986. The zero-order valence-corrected chi connectivity index (χ0v) is 14.1. The van der Waals surface area contributed by atoms with Crippen LogP contribution in [0, 0.1) is 5.82 Å². The smallest absolute Gasteiger partial charge is 0.337 e. The lowest BCUT2D eigenvalue weighted by Crippen LogP contribution is -2.19. The molecule has 2 N–H and O–H groups in total. The highest BCUT2D eigenvalue weighted by Crippen LogP contribution is 2.32. The Kier molecular flexibility index (Phi) is 6.29. The molecule has 3 rings (SSSR count). The van der Waals surface area contributed by atoms with E-state index in [4.69, 9.17) is 0 Å². The van der Waals surface area contributed by atoms with Crippen molar-refractivity contribution in [2.75, 3.05) is 11.9 Å². The fraction of sp³-hybridized carbons (Fsp3) is 0.368. The first-order valence-electron chi connectivity index (χ1n) is 8.34. The van der Waals surface area contributed by atoms with Crippen molar-refractivity contribution >= 4 is 11.7 Å². The Bertz CT molecular complexity index is 704. The Morgan fingerprint density at radius 3 is 2.92 bits per heavy atom. The fourth-order valence-corrected chi connectivity index (χ4v) is 3.03. The lowest BCUT2D eigenvalue weighted by Gasteiger charge is -2.26. The molecule has 0 saturated carbocycles. The number of aromatic carboxylic acids is 1. The van der Waals surface area contributed by atoms with Crippen molar-refractivity contribution in [3.8, 4) is 0 Å². The summed E-state index contributed by atoms with van der Waals surface area (Å²) in [5, 5.41) is 12.3. The van der Waals surface area contributed by atoms with Gasteiger partial charge in [-0.25, -0.2) is 9.18 Å². The average Bonchev–Trinajstić information content (AvgIpc) is 2.61. The summed E-state index contributed by atoms with van der Waals surface area (Å²) >= 11 is 0. The summed E-state index contributed by atoms with van der Waals surface area (Å²) in [6, 6.07) is 6.42. The summed E-state index contributed by atoms with van der Waals surface area (Å²) in [7, 11) is 0. The monoisotopic (exact) mass is 330 g/mol. The molecule has 4 nitrogen and oxygen atoms in total. The summed E-state index contributed by atoms with van der Waals surface area (Å²) in [4.78, 5) is 15.2. The normalized spacial score (nSPS) is 15.7. The number of halogens is 1. The van der Waals surface area contributed by atoms with E-state index in [0.29, 0.717) is 12.2 Å². The van der Waals surface area contributed by atoms with Gasteiger partial charge in [-0.2, -0.15) is 0 Å². The second kappa shape index (κ2) is 8.43. The number of hydrogen-bond acceptors (Lipinski definition) is 3. The van der Waals surface area contributed by atoms with Gasteiger partial charge in [-0.05, 0) is 48.6 Å². The van der Waals surface area contributed by atoms with Crippen LogP contribution in [0.5, 0.6) is 0 Å². The highest BCUT2D eigenvalue weighted by Gasteiger charge is 2.21. The Hall–Kier alpha value is -2.43. The van der Waals surface area contributed by atoms with E-state index >= 15 is 0 Å². The van der Waals surface area contributed by atoms with E-state index in [1.165, 1.54) is 30.1 Å². The second-order valence-corrected chi connectivity index (χ2v) is 5.54. The van der Waals surface area contributed by atoms with Crippen molar-refractivity contribution in [1.82, 2.24) is 4.98 Å². The summed E-state index contributed by atoms with van der Waals surface area (Å²) in [6.45, 7) is 4.57. The number of carboxylic acids is 1. The number of nitrogens with zero attached hydrogens (tertiary/aromatic N) is 1. The molecule has 0 amide bonds. The molecule has 1 aliphatic carbocycles. The van der Waals surface area contributed by atoms with E-state index in [1.807, 2.05) is 19.9 Å². The van der Waals surface area contributed by atoms with Gasteiger partial charge in [-0.3, -0.25) is 4.98 Å². The summed E-state index contributed by atoms with van der Waals surface area (Å²) in [6.07, 6.45) is 5.97. The van der Waals surface area contributed by atoms with E-state index in [1.54, 1.807) is 6.07 Å². The molecule has 0 radical (unpaired) electrons. The van der Waals surface area contributed by atoms with E-state index in [2.05, 4.69) is 10.3 Å². The molecule has 1 aliphatic rings. The number of nitrogens with one attached hydrogen (secondary N) is 1. The molecule has 128 valence electrons. The predicted molar refractivity (Wildman–Crippen MR) is 93.1 cm³/mol. The molecule has 0 aliphatic heterocycles. The van der Waals surface area contributed by atoms with E-state index < -0.39 is 5.97 Å². The first-order valence-corrected chi connectivity index (χ1v) is 8.34. The number of aryl methyl sites for hydroxylation is 1. The topological polar surface area (TPSA) is 62.2 Å². The number of aromatic nitrogens is 1. The molecule has 0 saturated heterocycles. The van der Waals surface area contributed by atoms with Gasteiger partial charge < -0.3 is 10.4 Å². The second-order valence-electron chi connectivity index (χ2n) is 5.54. The largest absolute Gasteiger partial charge is 0.478 e. The van der Waals surface area contributed by atoms with Gasteiger partial charge in [-0.1, -0.05) is 19.9 Å². The average molecular weight is 330 g/mol. The lowest BCUT2D eigenvalue weighted by atomic mass is 9.82. The first-order chi connectivity index (χ1) is 11.6. The highest BCUT2D eigenvalue weighted by molar-refractivity contribution is 5.93. The number of carboxylic acid groups (broad SMARTS) is 1. The molecule has 24 heavy (non-hydrogen) atoms. The summed E-state index contributed by atoms with van der Waals surface area (Å²) in [5.74, 6) is -1.03. The van der Waals surface area contributed by atoms with Crippen molar-refractivity contribution in [3.05, 3.63) is 59.2 Å². The van der Waals surface area contributed by atoms with Crippen molar-refractivity contribution in [2.45, 2.75) is 39.0 Å². The zero-order valence-electron chi connectivity index (χ0n) is 14.1. The third-order valence-electron chi connectivity index (χ3n) is 4.14. The minimum Gasteiger partial charge on any atom is -0.478 e. The number of hydrogen-bond donors (Lipinski definition) is 2. The van der Waals surface area contributed by atoms with Gasteiger partial charge in [0.2, 0.25) is 0 Å². The van der Waals surface area contributed by atoms with Crippen LogP contribution in [0.15, 0.2) is 36.7 Å². The molecule has 1 unspecified atom stereocenters. The highest BCUT2D eigenvalue weighted by atomic mass is 19.1. The van der Waals surface area contributed by atoms with Gasteiger partial charge in [0.25, 0.3) is 0 Å². The maximum Gasteiger partial charge on any atom is 0.337 e. The molecular weight excluding hydrogens is 307 g/mol. The number of fused-ring (bicyclic) bond motifs is 1. The molecule has 1 aromatic carbocycles. The van der Waals surface area contributed by atoms with Gasteiger partial charge in [0.15, 0.2) is 0 Å². The van der Waals surface area contributed by atoms with Crippen LogP contribution in [0.25, 0.3) is 0 Å². The number of pyridine rings is 1. The van der Waals surface area contributed by atoms with Crippen LogP contribution >= 0.6 is 0 Å². The lowest BCUT2D eigenvalue weighted by molar-refractivity contribution is 0.0698. The van der Waals surface area contributed by atoms with Gasteiger partial charge in [0, 0.05) is 18.7 Å². The molecule has 1 heterocycles. The summed E-state index contributed by atoms with van der Waals surface area (Å²) < 4.78 is 13.5. The van der Waals surface area contributed by atoms with Crippen molar-refractivity contribution in [3.63, 3.8) is 0 Å². The van der Waals surface area contributed by atoms with Crippen LogP contribution < -0.4 is 5.32 Å². The van der Waals surface area contributed by atoms with Gasteiger partial charge in [-0.15, -0.1) is 0 Å². The number of anilines is 1. The van der Waals surface area contributed by atoms with Crippen LogP contribution in [-0.2, 0) is 6.42 Å². The molecule has 1 atom stereocenters. The van der Waals surface area contributed by atoms with Crippen LogP contribution in [0.2, 0.25) is 0 Å². The number of rotatable bonds is 4. The SMILES string of the molecule is CC.O=C(O)c1ccncc1NCC1CCCc2ccc(F)cc21. The third kappa shape index (κ3) is 4.10. The fourth-order valence-electron chi connectivity index (χ4n) is 3.03. The molecule has 5 heteroatoms. The van der Waals surface area contributed by atoms with E-state index in [9.17, 15) is 14.3 Å². The van der Waals surface area contributed by atoms with E-state index in [-0.39, 0.29) is 17.3 Å². The third-order valence-corrected chi connectivity index (χ3v) is 4.14. The van der Waals surface area contributed by atoms with Crippen molar-refractivity contribution in [1.29, 1.82) is 0 Å². The molecule has 0 bridgehead atoms. The Morgan fingerprint density at radius 1 is 1.38 bits per heavy atom. The van der Waals surface area contributed by atoms with Crippen LogP contribution in [-0.4, -0.2) is 22.6 Å². The standard InChI is InChI=1S/C17H17FN2O2.C2H6/c18-13-5-4-11-2-1-3-12(15(11)8-13)9-20-16-10-19-7-6-14(16)17(21)22;1-2/h4-8,10,12,20H,1-3,9H2,(H,21,22);1-2H3. The number of carbonyl (C=O) groups is 1. The van der Waals surface area contributed by atoms with Gasteiger partial charge in [0.1, 0.15) is 5.82 Å². The minimum absolute atomic E-state index is 0.182. The van der Waals surface area contributed by atoms with E-state index in [0.717, 1.165) is 24.8 Å². The molecule has 0 fully saturated rings. The van der Waals surface area contributed by atoms with Gasteiger partial charge in [0.05, 0.1) is 17.4 Å². The maximum atomic E-state index is 13.5. The predicted octanol–water partition coefficient (Wildman–Crippen LogP) is 4.48. The maximum absolute atomic E-state index is 13.5. The molecule has 2 aromatic rings. The van der Waals surface area contributed by atoms with Gasteiger partial charge >= 0.3 is 5.97 Å². The van der Waals surface area contributed by atoms with Crippen LogP contribution in [0.1, 0.15) is 54.1 Å². The molecule has 0 spiro atoms. The molecule has 1 aromatic heterocycles. The Labute approximate surface area is 141 Å². The molecular formula is C19H23FN2O2. The summed E-state index contributed by atoms with van der Waals surface area (Å²) in [5.41, 5.74) is 2.91. The quantitative estimate of drug-likeness (QED) is 0.868. The van der Waals surface area contributed by atoms with Crippen molar-refractivity contribution in [2.24, 2.45) is 0 Å². The Balaban J connectivity index is 0.00000100. The zero-order chi connectivity index (χ0) is 17.5. The Morgan fingerprint density at radius 2 is 2.17 bits per heavy atom. The van der Waals surface area contributed by atoms with Crippen molar-refractivity contribution < 1.29 is 14.3 Å². The van der Waals surface area contributed by atoms with Crippen LogP contribution in [0.4, 0.5) is 10.1 Å². The van der Waals surface area contributed by atoms with Crippen LogP contribution in [0.3, 0.4) is 0 Å². The first kappa shape index (κ1) is 17.9. The number of benzene rings is 1.